The summed E-state index contributed by atoms with van der Waals surface area (Å²) in [4.78, 5) is 0. The maximum atomic E-state index is 12.9. The van der Waals surface area contributed by atoms with Crippen LogP contribution in [-0.2, 0) is 6.42 Å². The zero-order valence-corrected chi connectivity index (χ0v) is 8.98. The molecular formula is C11H14ClFO. The topological polar surface area (TPSA) is 9.23 Å². The summed E-state index contributed by atoms with van der Waals surface area (Å²) < 4.78 is 18.2. The average molecular weight is 217 g/mol. The summed E-state index contributed by atoms with van der Waals surface area (Å²) in [7, 11) is 0. The standard InChI is InChI=1S/C11H14ClFO/c1-2-14-11-8-10(13)6-5-9(11)4-3-7-12/h5-6,8H,2-4,7H2,1H3. The number of halogens is 2. The Labute approximate surface area is 88.8 Å². The molecular weight excluding hydrogens is 203 g/mol. The lowest BCUT2D eigenvalue weighted by atomic mass is 10.1. The summed E-state index contributed by atoms with van der Waals surface area (Å²) in [5, 5.41) is 0. The molecule has 0 saturated carbocycles. The van der Waals surface area contributed by atoms with Crippen LogP contribution in [0, 0.1) is 5.82 Å². The van der Waals surface area contributed by atoms with Gasteiger partial charge in [0.25, 0.3) is 0 Å². The van der Waals surface area contributed by atoms with Crippen molar-refractivity contribution in [3.05, 3.63) is 29.6 Å². The van der Waals surface area contributed by atoms with Gasteiger partial charge >= 0.3 is 0 Å². The first kappa shape index (κ1) is 11.3. The average Bonchev–Trinajstić information content (AvgIpc) is 2.17. The molecule has 0 saturated heterocycles. The summed E-state index contributed by atoms with van der Waals surface area (Å²) in [5.41, 5.74) is 1.02. The van der Waals surface area contributed by atoms with Gasteiger partial charge in [-0.2, -0.15) is 0 Å². The van der Waals surface area contributed by atoms with Gasteiger partial charge in [0.15, 0.2) is 0 Å². The third kappa shape index (κ3) is 3.18. The van der Waals surface area contributed by atoms with E-state index in [1.165, 1.54) is 12.1 Å². The van der Waals surface area contributed by atoms with Gasteiger partial charge in [0.2, 0.25) is 0 Å². The second-order valence-electron chi connectivity index (χ2n) is 2.98. The summed E-state index contributed by atoms with van der Waals surface area (Å²) >= 11 is 5.60. The lowest BCUT2D eigenvalue weighted by Crippen LogP contribution is -1.98. The molecule has 14 heavy (non-hydrogen) atoms. The van der Waals surface area contributed by atoms with Crippen LogP contribution in [0.25, 0.3) is 0 Å². The minimum absolute atomic E-state index is 0.261. The van der Waals surface area contributed by atoms with E-state index in [0.717, 1.165) is 18.4 Å². The Morgan fingerprint density at radius 3 is 2.86 bits per heavy atom. The van der Waals surface area contributed by atoms with Crippen molar-refractivity contribution in [1.82, 2.24) is 0 Å². The van der Waals surface area contributed by atoms with Gasteiger partial charge in [0.05, 0.1) is 6.61 Å². The molecule has 1 nitrogen and oxygen atoms in total. The zero-order valence-electron chi connectivity index (χ0n) is 8.22. The number of hydrogen-bond donors (Lipinski definition) is 0. The van der Waals surface area contributed by atoms with Crippen molar-refractivity contribution in [3.8, 4) is 5.75 Å². The third-order valence-electron chi connectivity index (χ3n) is 1.91. The second kappa shape index (κ2) is 5.86. The number of ether oxygens (including phenoxy) is 1. The van der Waals surface area contributed by atoms with Gasteiger partial charge in [-0.25, -0.2) is 4.39 Å². The number of hydrogen-bond acceptors (Lipinski definition) is 1. The van der Waals surface area contributed by atoms with E-state index in [1.807, 2.05) is 6.92 Å². The largest absolute Gasteiger partial charge is 0.493 e. The van der Waals surface area contributed by atoms with E-state index in [2.05, 4.69) is 0 Å². The molecule has 0 fully saturated rings. The van der Waals surface area contributed by atoms with Crippen LogP contribution < -0.4 is 4.74 Å². The van der Waals surface area contributed by atoms with Crippen molar-refractivity contribution in [3.63, 3.8) is 0 Å². The molecule has 0 N–H and O–H groups in total. The molecule has 78 valence electrons. The maximum Gasteiger partial charge on any atom is 0.126 e. The van der Waals surface area contributed by atoms with Crippen LogP contribution in [-0.4, -0.2) is 12.5 Å². The van der Waals surface area contributed by atoms with Crippen molar-refractivity contribution >= 4 is 11.6 Å². The highest BCUT2D eigenvalue weighted by atomic mass is 35.5. The van der Waals surface area contributed by atoms with Crippen LogP contribution in [0.4, 0.5) is 4.39 Å². The summed E-state index contributed by atoms with van der Waals surface area (Å²) in [5.74, 6) is 0.990. The molecule has 0 atom stereocenters. The van der Waals surface area contributed by atoms with Crippen molar-refractivity contribution in [2.24, 2.45) is 0 Å². The molecule has 0 aliphatic rings. The van der Waals surface area contributed by atoms with Gasteiger partial charge in [0, 0.05) is 11.9 Å². The van der Waals surface area contributed by atoms with E-state index in [-0.39, 0.29) is 5.82 Å². The van der Waals surface area contributed by atoms with E-state index >= 15 is 0 Å². The molecule has 0 aliphatic carbocycles. The quantitative estimate of drug-likeness (QED) is 0.686. The van der Waals surface area contributed by atoms with Crippen LogP contribution in [0.2, 0.25) is 0 Å². The third-order valence-corrected chi connectivity index (χ3v) is 2.18. The fourth-order valence-electron chi connectivity index (χ4n) is 1.28. The minimum atomic E-state index is -0.261. The van der Waals surface area contributed by atoms with E-state index in [9.17, 15) is 4.39 Å². The normalized spacial score (nSPS) is 10.2. The lowest BCUT2D eigenvalue weighted by Gasteiger charge is -2.09. The molecule has 1 rings (SSSR count). The summed E-state index contributed by atoms with van der Waals surface area (Å²) in [6.45, 7) is 2.44. The highest BCUT2D eigenvalue weighted by Crippen LogP contribution is 2.21. The summed E-state index contributed by atoms with van der Waals surface area (Å²) in [6, 6.07) is 4.63. The van der Waals surface area contributed by atoms with Gasteiger partial charge in [0.1, 0.15) is 11.6 Å². The van der Waals surface area contributed by atoms with Crippen LogP contribution in [0.5, 0.6) is 5.75 Å². The molecule has 0 radical (unpaired) electrons. The van der Waals surface area contributed by atoms with Gasteiger partial charge in [-0.3, -0.25) is 0 Å². The van der Waals surface area contributed by atoms with Crippen LogP contribution >= 0.6 is 11.6 Å². The van der Waals surface area contributed by atoms with Crippen molar-refractivity contribution < 1.29 is 9.13 Å². The van der Waals surface area contributed by atoms with Gasteiger partial charge < -0.3 is 4.74 Å². The van der Waals surface area contributed by atoms with E-state index in [1.54, 1.807) is 6.07 Å². The fraction of sp³-hybridized carbons (Fsp3) is 0.455. The first-order valence-electron chi connectivity index (χ1n) is 4.75. The highest BCUT2D eigenvalue weighted by molar-refractivity contribution is 6.17. The molecule has 0 heterocycles. The van der Waals surface area contributed by atoms with E-state index in [4.69, 9.17) is 16.3 Å². The van der Waals surface area contributed by atoms with Crippen LogP contribution in [0.1, 0.15) is 18.9 Å². The summed E-state index contributed by atoms with van der Waals surface area (Å²) in [6.07, 6.45) is 1.71. The SMILES string of the molecule is CCOc1cc(F)ccc1CCCCl. The smallest absolute Gasteiger partial charge is 0.126 e. The van der Waals surface area contributed by atoms with Crippen molar-refractivity contribution in [1.29, 1.82) is 0 Å². The Morgan fingerprint density at radius 2 is 2.21 bits per heavy atom. The minimum Gasteiger partial charge on any atom is -0.493 e. The Balaban J connectivity index is 2.78. The number of aryl methyl sites for hydroxylation is 1. The molecule has 0 bridgehead atoms. The Hall–Kier alpha value is -0.760. The predicted octanol–water partition coefficient (Wildman–Crippen LogP) is 3.40. The van der Waals surface area contributed by atoms with Gasteiger partial charge in [-0.15, -0.1) is 11.6 Å². The van der Waals surface area contributed by atoms with Crippen LogP contribution in [0.15, 0.2) is 18.2 Å². The molecule has 0 aromatic heterocycles. The number of alkyl halides is 1. The molecule has 3 heteroatoms. The van der Waals surface area contributed by atoms with Gasteiger partial charge in [-0.1, -0.05) is 6.07 Å². The molecule has 0 unspecified atom stereocenters. The van der Waals surface area contributed by atoms with Crippen LogP contribution in [0.3, 0.4) is 0 Å². The molecule has 0 aliphatic heterocycles. The van der Waals surface area contributed by atoms with Crippen molar-refractivity contribution in [2.45, 2.75) is 19.8 Å². The Morgan fingerprint density at radius 1 is 1.43 bits per heavy atom. The molecule has 0 spiro atoms. The fourth-order valence-corrected chi connectivity index (χ4v) is 1.42. The zero-order chi connectivity index (χ0) is 10.4. The first-order chi connectivity index (χ1) is 6.77. The van der Waals surface area contributed by atoms with Gasteiger partial charge in [-0.05, 0) is 31.4 Å². The monoisotopic (exact) mass is 216 g/mol. The molecule has 0 amide bonds. The molecule has 1 aromatic rings. The second-order valence-corrected chi connectivity index (χ2v) is 3.36. The highest BCUT2D eigenvalue weighted by Gasteiger charge is 2.04. The predicted molar refractivity (Wildman–Crippen MR) is 56.6 cm³/mol. The Kier molecular flexibility index (Phi) is 4.74. The number of benzene rings is 1. The first-order valence-corrected chi connectivity index (χ1v) is 5.28. The molecule has 1 aromatic carbocycles. The van der Waals surface area contributed by atoms with E-state index in [0.29, 0.717) is 18.2 Å². The Bertz CT molecular complexity index is 289. The maximum absolute atomic E-state index is 12.9. The lowest BCUT2D eigenvalue weighted by molar-refractivity contribution is 0.334. The number of rotatable bonds is 5. The van der Waals surface area contributed by atoms with Crippen molar-refractivity contribution in [2.75, 3.05) is 12.5 Å². The van der Waals surface area contributed by atoms with E-state index < -0.39 is 0 Å².